The number of imidazole rings is 1. The molecule has 1 aliphatic rings. The van der Waals surface area contributed by atoms with Crippen LogP contribution >= 0.6 is 0 Å². The van der Waals surface area contributed by atoms with Gasteiger partial charge in [0, 0.05) is 11.8 Å². The Balaban J connectivity index is 1.78. The summed E-state index contributed by atoms with van der Waals surface area (Å²) in [5, 5.41) is 0. The van der Waals surface area contributed by atoms with Gasteiger partial charge >= 0.3 is 5.97 Å². The SMILES string of the molecule is COC(=O)c1ccc2c(c1)OCCn1cc(-c3cccc(C(C)C)c3)nc1-2. The van der Waals surface area contributed by atoms with E-state index in [1.54, 1.807) is 12.1 Å². The van der Waals surface area contributed by atoms with Gasteiger partial charge in [0.2, 0.25) is 0 Å². The highest BCUT2D eigenvalue weighted by atomic mass is 16.5. The van der Waals surface area contributed by atoms with E-state index in [1.165, 1.54) is 12.7 Å². The average Bonchev–Trinajstić information content (AvgIpc) is 3.04. The van der Waals surface area contributed by atoms with Crippen LogP contribution in [0.5, 0.6) is 5.75 Å². The summed E-state index contributed by atoms with van der Waals surface area (Å²) in [6.45, 7) is 5.60. The second-order valence-corrected chi connectivity index (χ2v) is 6.97. The van der Waals surface area contributed by atoms with E-state index in [4.69, 9.17) is 14.5 Å². The lowest BCUT2D eigenvalue weighted by Crippen LogP contribution is -2.05. The lowest BCUT2D eigenvalue weighted by atomic mass is 10.00. The predicted octanol–water partition coefficient (Wildman–Crippen LogP) is 4.52. The van der Waals surface area contributed by atoms with Crippen LogP contribution in [0.4, 0.5) is 0 Å². The standard InChI is InChI=1S/C22H22N2O3/c1-14(2)15-5-4-6-16(11-15)19-13-24-9-10-27-20-12-17(22(25)26-3)7-8-18(20)21(24)23-19/h4-8,11-14H,9-10H2,1-3H3. The van der Waals surface area contributed by atoms with Crippen molar-refractivity contribution in [2.75, 3.05) is 13.7 Å². The van der Waals surface area contributed by atoms with Crippen molar-refractivity contribution in [1.29, 1.82) is 0 Å². The van der Waals surface area contributed by atoms with Crippen LogP contribution in [-0.2, 0) is 11.3 Å². The van der Waals surface area contributed by atoms with E-state index in [-0.39, 0.29) is 5.97 Å². The topological polar surface area (TPSA) is 53.4 Å². The van der Waals surface area contributed by atoms with Gasteiger partial charge in [0.25, 0.3) is 0 Å². The molecule has 1 aromatic heterocycles. The van der Waals surface area contributed by atoms with Crippen molar-refractivity contribution in [3.63, 3.8) is 0 Å². The molecule has 0 amide bonds. The van der Waals surface area contributed by atoms with E-state index in [9.17, 15) is 4.79 Å². The minimum Gasteiger partial charge on any atom is -0.491 e. The largest absolute Gasteiger partial charge is 0.491 e. The maximum Gasteiger partial charge on any atom is 0.337 e. The number of rotatable bonds is 3. The Hall–Kier alpha value is -3.08. The molecule has 0 radical (unpaired) electrons. The Kier molecular flexibility index (Phi) is 4.44. The fourth-order valence-electron chi connectivity index (χ4n) is 3.32. The predicted molar refractivity (Wildman–Crippen MR) is 104 cm³/mol. The Morgan fingerprint density at radius 2 is 2.07 bits per heavy atom. The van der Waals surface area contributed by atoms with E-state index in [2.05, 4.69) is 48.9 Å². The molecule has 3 aromatic rings. The Morgan fingerprint density at radius 1 is 1.22 bits per heavy atom. The van der Waals surface area contributed by atoms with Crippen molar-refractivity contribution in [2.24, 2.45) is 0 Å². The number of carbonyl (C=O) groups is 1. The minimum absolute atomic E-state index is 0.375. The third-order valence-corrected chi connectivity index (χ3v) is 4.86. The Bertz CT molecular complexity index is 1000. The maximum atomic E-state index is 11.8. The van der Waals surface area contributed by atoms with Gasteiger partial charge in [-0.1, -0.05) is 32.0 Å². The second-order valence-electron chi connectivity index (χ2n) is 6.97. The van der Waals surface area contributed by atoms with Crippen molar-refractivity contribution in [3.05, 3.63) is 59.8 Å². The second kappa shape index (κ2) is 6.91. The van der Waals surface area contributed by atoms with Crippen molar-refractivity contribution in [1.82, 2.24) is 9.55 Å². The maximum absolute atomic E-state index is 11.8. The molecule has 5 nitrogen and oxygen atoms in total. The number of methoxy groups -OCH3 is 1. The molecular weight excluding hydrogens is 340 g/mol. The third-order valence-electron chi connectivity index (χ3n) is 4.86. The first-order valence-corrected chi connectivity index (χ1v) is 9.10. The van der Waals surface area contributed by atoms with Crippen molar-refractivity contribution in [3.8, 4) is 28.4 Å². The highest BCUT2D eigenvalue weighted by molar-refractivity contribution is 5.91. The van der Waals surface area contributed by atoms with Crippen LogP contribution in [0.2, 0.25) is 0 Å². The molecule has 0 spiro atoms. The van der Waals surface area contributed by atoms with Gasteiger partial charge in [-0.3, -0.25) is 0 Å². The van der Waals surface area contributed by atoms with E-state index in [0.717, 1.165) is 22.6 Å². The molecule has 0 N–H and O–H groups in total. The van der Waals surface area contributed by atoms with Crippen molar-refractivity contribution < 1.29 is 14.3 Å². The number of fused-ring (bicyclic) bond motifs is 3. The van der Waals surface area contributed by atoms with E-state index >= 15 is 0 Å². The molecule has 27 heavy (non-hydrogen) atoms. The van der Waals surface area contributed by atoms with Crippen LogP contribution < -0.4 is 4.74 Å². The van der Waals surface area contributed by atoms with Gasteiger partial charge in [-0.25, -0.2) is 9.78 Å². The zero-order valence-electron chi connectivity index (χ0n) is 15.7. The summed E-state index contributed by atoms with van der Waals surface area (Å²) in [5.41, 5.74) is 4.70. The first-order valence-electron chi connectivity index (χ1n) is 9.10. The third kappa shape index (κ3) is 3.21. The number of benzene rings is 2. The summed E-state index contributed by atoms with van der Waals surface area (Å²) in [4.78, 5) is 16.7. The monoisotopic (exact) mass is 362 g/mol. The van der Waals surface area contributed by atoms with Crippen LogP contribution in [0.15, 0.2) is 48.7 Å². The molecule has 0 unspecified atom stereocenters. The van der Waals surface area contributed by atoms with Crippen molar-refractivity contribution in [2.45, 2.75) is 26.3 Å². The molecule has 0 saturated heterocycles. The highest BCUT2D eigenvalue weighted by Crippen LogP contribution is 2.35. The minimum atomic E-state index is -0.375. The van der Waals surface area contributed by atoms with E-state index in [1.807, 2.05) is 6.07 Å². The molecule has 5 heteroatoms. The summed E-state index contributed by atoms with van der Waals surface area (Å²) in [6.07, 6.45) is 2.07. The highest BCUT2D eigenvalue weighted by Gasteiger charge is 2.21. The molecular formula is C22H22N2O3. The summed E-state index contributed by atoms with van der Waals surface area (Å²) in [7, 11) is 1.37. The molecule has 0 aliphatic carbocycles. The number of ether oxygens (including phenoxy) is 2. The van der Waals surface area contributed by atoms with Crippen LogP contribution in [0.25, 0.3) is 22.6 Å². The molecule has 2 heterocycles. The number of aromatic nitrogens is 2. The van der Waals surface area contributed by atoms with Crippen LogP contribution in [0.3, 0.4) is 0 Å². The Morgan fingerprint density at radius 3 is 2.85 bits per heavy atom. The molecule has 4 rings (SSSR count). The normalized spacial score (nSPS) is 12.7. The van der Waals surface area contributed by atoms with Gasteiger partial charge in [0.1, 0.15) is 18.2 Å². The molecule has 0 fully saturated rings. The van der Waals surface area contributed by atoms with E-state index in [0.29, 0.717) is 30.4 Å². The summed E-state index contributed by atoms with van der Waals surface area (Å²) >= 11 is 0. The molecule has 138 valence electrons. The molecule has 0 saturated carbocycles. The average molecular weight is 362 g/mol. The zero-order chi connectivity index (χ0) is 19.0. The van der Waals surface area contributed by atoms with Gasteiger partial charge < -0.3 is 14.0 Å². The number of carbonyl (C=O) groups excluding carboxylic acids is 1. The van der Waals surface area contributed by atoms with Gasteiger partial charge in [-0.05, 0) is 35.7 Å². The smallest absolute Gasteiger partial charge is 0.337 e. The molecule has 0 atom stereocenters. The number of hydrogen-bond donors (Lipinski definition) is 0. The van der Waals surface area contributed by atoms with Gasteiger partial charge in [-0.15, -0.1) is 0 Å². The lowest BCUT2D eigenvalue weighted by Gasteiger charge is -2.08. The molecule has 1 aliphatic heterocycles. The summed E-state index contributed by atoms with van der Waals surface area (Å²) in [5.74, 6) is 1.60. The first-order chi connectivity index (χ1) is 13.1. The first kappa shape index (κ1) is 17.3. The number of hydrogen-bond acceptors (Lipinski definition) is 4. The number of nitrogens with zero attached hydrogens (tertiary/aromatic N) is 2. The van der Waals surface area contributed by atoms with Crippen LogP contribution in [-0.4, -0.2) is 29.2 Å². The molecule has 0 bridgehead atoms. The lowest BCUT2D eigenvalue weighted by molar-refractivity contribution is 0.0600. The summed E-state index contributed by atoms with van der Waals surface area (Å²) < 4.78 is 12.8. The van der Waals surface area contributed by atoms with Gasteiger partial charge in [-0.2, -0.15) is 0 Å². The van der Waals surface area contributed by atoms with E-state index < -0.39 is 0 Å². The fourth-order valence-corrected chi connectivity index (χ4v) is 3.32. The van der Waals surface area contributed by atoms with Crippen molar-refractivity contribution >= 4 is 5.97 Å². The van der Waals surface area contributed by atoms with Gasteiger partial charge in [0.05, 0.1) is 30.5 Å². The van der Waals surface area contributed by atoms with Crippen LogP contribution in [0.1, 0.15) is 35.7 Å². The fraction of sp³-hybridized carbons (Fsp3) is 0.273. The summed E-state index contributed by atoms with van der Waals surface area (Å²) in [6, 6.07) is 13.9. The van der Waals surface area contributed by atoms with Crippen LogP contribution in [0, 0.1) is 0 Å². The number of esters is 1. The molecule has 2 aromatic carbocycles. The van der Waals surface area contributed by atoms with Gasteiger partial charge in [0.15, 0.2) is 0 Å². The zero-order valence-corrected chi connectivity index (χ0v) is 15.7. The Labute approximate surface area is 158 Å². The quantitative estimate of drug-likeness (QED) is 0.643.